The minimum absolute atomic E-state index is 0.0780. The molecule has 0 amide bonds. The Morgan fingerprint density at radius 2 is 2.00 bits per heavy atom. The summed E-state index contributed by atoms with van der Waals surface area (Å²) in [4.78, 5) is 0. The minimum Gasteiger partial charge on any atom is -0.399 e. The molecular weight excluding hydrogens is 236 g/mol. The first-order valence-electron chi connectivity index (χ1n) is 5.47. The lowest BCUT2D eigenvalue weighted by molar-refractivity contribution is 0.595. The van der Waals surface area contributed by atoms with Crippen LogP contribution in [-0.4, -0.2) is 18.7 Å². The van der Waals surface area contributed by atoms with Gasteiger partial charge < -0.3 is 10.3 Å². The average Bonchev–Trinajstić information content (AvgIpc) is 2.56. The molecule has 1 heterocycles. The van der Waals surface area contributed by atoms with Gasteiger partial charge in [0.25, 0.3) is 0 Å². The van der Waals surface area contributed by atoms with Crippen molar-refractivity contribution in [2.75, 3.05) is 11.5 Å². The van der Waals surface area contributed by atoms with E-state index in [9.17, 15) is 8.42 Å². The fourth-order valence-electron chi connectivity index (χ4n) is 1.87. The Morgan fingerprint density at radius 3 is 2.65 bits per heavy atom. The maximum absolute atomic E-state index is 11.6. The summed E-state index contributed by atoms with van der Waals surface area (Å²) in [6.45, 7) is 1.66. The lowest BCUT2D eigenvalue weighted by Gasteiger charge is -2.04. The second-order valence-corrected chi connectivity index (χ2v) is 6.54. The van der Waals surface area contributed by atoms with E-state index in [-0.39, 0.29) is 11.5 Å². The minimum atomic E-state index is -3.00. The third kappa shape index (κ3) is 2.29. The number of benzene rings is 1. The van der Waals surface area contributed by atoms with Crippen molar-refractivity contribution < 1.29 is 8.42 Å². The number of fused-ring (bicyclic) bond motifs is 1. The van der Waals surface area contributed by atoms with Gasteiger partial charge in [0, 0.05) is 29.6 Å². The zero-order valence-corrected chi connectivity index (χ0v) is 10.8. The lowest BCUT2D eigenvalue weighted by Crippen LogP contribution is -2.09. The first kappa shape index (κ1) is 12.0. The second-order valence-electron chi connectivity index (χ2n) is 4.19. The molecule has 0 saturated carbocycles. The Balaban J connectivity index is 2.53. The summed E-state index contributed by atoms with van der Waals surface area (Å²) < 4.78 is 25.1. The Bertz CT molecular complexity index is 656. The number of nitrogens with two attached hydrogens (primary N) is 1. The summed E-state index contributed by atoms with van der Waals surface area (Å²) in [5, 5.41) is 1.02. The predicted octanol–water partition coefficient (Wildman–Crippen LogP) is 1.70. The van der Waals surface area contributed by atoms with Crippen molar-refractivity contribution >= 4 is 26.4 Å². The quantitative estimate of drug-likeness (QED) is 0.845. The van der Waals surface area contributed by atoms with Gasteiger partial charge in [-0.25, -0.2) is 8.42 Å². The molecule has 0 unspecified atom stereocenters. The van der Waals surface area contributed by atoms with Crippen LogP contribution < -0.4 is 5.73 Å². The highest BCUT2D eigenvalue weighted by molar-refractivity contribution is 7.90. The fourth-order valence-corrected chi connectivity index (χ4v) is 2.80. The average molecular weight is 252 g/mol. The van der Waals surface area contributed by atoms with Gasteiger partial charge in [-0.3, -0.25) is 0 Å². The Kier molecular flexibility index (Phi) is 2.87. The van der Waals surface area contributed by atoms with E-state index in [1.807, 2.05) is 35.9 Å². The van der Waals surface area contributed by atoms with E-state index in [4.69, 9.17) is 5.73 Å². The van der Waals surface area contributed by atoms with Crippen LogP contribution in [0, 0.1) is 0 Å². The van der Waals surface area contributed by atoms with Gasteiger partial charge >= 0.3 is 0 Å². The van der Waals surface area contributed by atoms with Gasteiger partial charge in [-0.1, -0.05) is 13.0 Å². The van der Waals surface area contributed by atoms with Crippen LogP contribution in [0.3, 0.4) is 0 Å². The highest BCUT2D eigenvalue weighted by atomic mass is 32.2. The molecule has 0 bridgehead atoms. The summed E-state index contributed by atoms with van der Waals surface area (Å²) >= 11 is 0. The molecule has 0 radical (unpaired) electrons. The normalized spacial score (nSPS) is 12.1. The number of hydrogen-bond acceptors (Lipinski definition) is 3. The van der Waals surface area contributed by atoms with Gasteiger partial charge in [-0.05, 0) is 18.2 Å². The standard InChI is InChI=1S/C12H16N2O2S/c1-3-17(15,16)8-11-6-9-4-5-10(13)7-12(9)14(11)2/h4-7H,3,8,13H2,1-2H3. The summed E-state index contributed by atoms with van der Waals surface area (Å²) in [5.74, 6) is 0.241. The van der Waals surface area contributed by atoms with Crippen LogP contribution in [0.25, 0.3) is 10.9 Å². The van der Waals surface area contributed by atoms with Crippen LogP contribution in [-0.2, 0) is 22.6 Å². The lowest BCUT2D eigenvalue weighted by atomic mass is 10.2. The number of nitrogen functional groups attached to an aromatic ring is 1. The van der Waals surface area contributed by atoms with E-state index >= 15 is 0 Å². The van der Waals surface area contributed by atoms with Crippen molar-refractivity contribution in [1.82, 2.24) is 4.57 Å². The van der Waals surface area contributed by atoms with E-state index < -0.39 is 9.84 Å². The zero-order valence-electron chi connectivity index (χ0n) is 9.97. The molecule has 92 valence electrons. The maximum atomic E-state index is 11.6. The highest BCUT2D eigenvalue weighted by Crippen LogP contribution is 2.22. The predicted molar refractivity (Wildman–Crippen MR) is 70.5 cm³/mol. The van der Waals surface area contributed by atoms with Crippen molar-refractivity contribution in [2.45, 2.75) is 12.7 Å². The van der Waals surface area contributed by atoms with E-state index in [2.05, 4.69) is 0 Å². The molecule has 2 N–H and O–H groups in total. The molecular formula is C12H16N2O2S. The van der Waals surface area contributed by atoms with Gasteiger partial charge in [0.15, 0.2) is 9.84 Å². The molecule has 0 fully saturated rings. The van der Waals surface area contributed by atoms with E-state index in [1.54, 1.807) is 6.92 Å². The SMILES string of the molecule is CCS(=O)(=O)Cc1cc2ccc(N)cc2n1C. The molecule has 0 atom stereocenters. The van der Waals surface area contributed by atoms with Crippen molar-refractivity contribution in [3.05, 3.63) is 30.0 Å². The van der Waals surface area contributed by atoms with Crippen LogP contribution in [0.5, 0.6) is 0 Å². The van der Waals surface area contributed by atoms with Crippen LogP contribution in [0.4, 0.5) is 5.69 Å². The summed E-state index contributed by atoms with van der Waals surface area (Å²) in [5.41, 5.74) is 8.17. The van der Waals surface area contributed by atoms with E-state index in [0.29, 0.717) is 5.69 Å². The monoisotopic (exact) mass is 252 g/mol. The van der Waals surface area contributed by atoms with Gasteiger partial charge in [0.1, 0.15) is 0 Å². The van der Waals surface area contributed by atoms with E-state index in [0.717, 1.165) is 16.6 Å². The van der Waals surface area contributed by atoms with E-state index in [1.165, 1.54) is 0 Å². The Morgan fingerprint density at radius 1 is 1.29 bits per heavy atom. The maximum Gasteiger partial charge on any atom is 0.155 e. The van der Waals surface area contributed by atoms with Crippen LogP contribution in [0.2, 0.25) is 0 Å². The number of sulfone groups is 1. The zero-order chi connectivity index (χ0) is 12.6. The third-order valence-electron chi connectivity index (χ3n) is 2.98. The van der Waals surface area contributed by atoms with Gasteiger partial charge in [0.2, 0.25) is 0 Å². The number of aryl methyl sites for hydroxylation is 1. The number of hydrogen-bond donors (Lipinski definition) is 1. The molecule has 0 aliphatic rings. The molecule has 5 heteroatoms. The Hall–Kier alpha value is -1.49. The molecule has 2 rings (SSSR count). The van der Waals surface area contributed by atoms with Crippen molar-refractivity contribution in [1.29, 1.82) is 0 Å². The number of nitrogens with zero attached hydrogens (tertiary/aromatic N) is 1. The number of anilines is 1. The molecule has 1 aromatic carbocycles. The molecule has 17 heavy (non-hydrogen) atoms. The molecule has 2 aromatic rings. The summed E-state index contributed by atoms with van der Waals surface area (Å²) in [6, 6.07) is 7.49. The first-order chi connectivity index (χ1) is 7.93. The van der Waals surface area contributed by atoms with Gasteiger partial charge in [0.05, 0.1) is 11.3 Å². The molecule has 0 spiro atoms. The van der Waals surface area contributed by atoms with Crippen molar-refractivity contribution in [2.24, 2.45) is 7.05 Å². The molecule has 0 aliphatic heterocycles. The van der Waals surface area contributed by atoms with Crippen molar-refractivity contribution in [3.8, 4) is 0 Å². The fraction of sp³-hybridized carbons (Fsp3) is 0.333. The first-order valence-corrected chi connectivity index (χ1v) is 7.29. The van der Waals surface area contributed by atoms with Crippen LogP contribution in [0.1, 0.15) is 12.6 Å². The summed E-state index contributed by atoms with van der Waals surface area (Å²) in [6.07, 6.45) is 0. The summed E-state index contributed by atoms with van der Waals surface area (Å²) in [7, 11) is -1.14. The Labute approximate surface area is 101 Å². The van der Waals surface area contributed by atoms with Gasteiger partial charge in [-0.15, -0.1) is 0 Å². The van der Waals surface area contributed by atoms with Crippen LogP contribution in [0.15, 0.2) is 24.3 Å². The van der Waals surface area contributed by atoms with Crippen LogP contribution >= 0.6 is 0 Å². The molecule has 0 aliphatic carbocycles. The third-order valence-corrected chi connectivity index (χ3v) is 4.59. The molecule has 0 saturated heterocycles. The second kappa shape index (κ2) is 4.07. The number of aromatic nitrogens is 1. The topological polar surface area (TPSA) is 65.1 Å². The van der Waals surface area contributed by atoms with Crippen molar-refractivity contribution in [3.63, 3.8) is 0 Å². The smallest absolute Gasteiger partial charge is 0.155 e. The molecule has 1 aromatic heterocycles. The van der Waals surface area contributed by atoms with Gasteiger partial charge in [-0.2, -0.15) is 0 Å². The molecule has 4 nitrogen and oxygen atoms in total. The number of rotatable bonds is 3. The largest absolute Gasteiger partial charge is 0.399 e. The highest BCUT2D eigenvalue weighted by Gasteiger charge is 2.13.